The number of rotatable bonds is 4. The summed E-state index contributed by atoms with van der Waals surface area (Å²) >= 11 is 3.32. The first-order valence-electron chi connectivity index (χ1n) is 5.45. The molecule has 0 spiro atoms. The van der Waals surface area contributed by atoms with Crippen molar-refractivity contribution in [3.63, 3.8) is 0 Å². The van der Waals surface area contributed by atoms with Crippen LogP contribution in [0.25, 0.3) is 0 Å². The second-order valence-corrected chi connectivity index (χ2v) is 4.68. The zero-order valence-electron chi connectivity index (χ0n) is 9.72. The third kappa shape index (κ3) is 4.26. The SMILES string of the molecule is FC(F)(F)CONCc1cc(Br)c2c(c1)OCCO2. The van der Waals surface area contributed by atoms with Crippen LogP contribution in [0.2, 0.25) is 0 Å². The van der Waals surface area contributed by atoms with E-state index in [0.717, 1.165) is 5.56 Å². The molecule has 1 heterocycles. The van der Waals surface area contributed by atoms with Gasteiger partial charge in [-0.3, -0.25) is 4.84 Å². The molecule has 0 aromatic heterocycles. The van der Waals surface area contributed by atoms with Gasteiger partial charge in [0.2, 0.25) is 0 Å². The van der Waals surface area contributed by atoms with Gasteiger partial charge in [-0.2, -0.15) is 18.7 Å². The highest BCUT2D eigenvalue weighted by Crippen LogP contribution is 2.38. The Kier molecular flexibility index (Phi) is 4.54. The van der Waals surface area contributed by atoms with E-state index in [1.54, 1.807) is 12.1 Å². The fourth-order valence-corrected chi connectivity index (χ4v) is 2.14. The van der Waals surface area contributed by atoms with Crippen LogP contribution in [0.15, 0.2) is 16.6 Å². The van der Waals surface area contributed by atoms with E-state index in [0.29, 0.717) is 29.2 Å². The van der Waals surface area contributed by atoms with Gasteiger partial charge in [0, 0.05) is 6.54 Å². The number of hydrogen-bond donors (Lipinski definition) is 1. The monoisotopic (exact) mass is 341 g/mol. The number of nitrogens with one attached hydrogen (secondary N) is 1. The van der Waals surface area contributed by atoms with Crippen molar-refractivity contribution < 1.29 is 27.5 Å². The van der Waals surface area contributed by atoms with Crippen molar-refractivity contribution in [3.05, 3.63) is 22.2 Å². The lowest BCUT2D eigenvalue weighted by molar-refractivity contribution is -0.190. The lowest BCUT2D eigenvalue weighted by Crippen LogP contribution is -2.24. The second kappa shape index (κ2) is 5.98. The molecule has 0 unspecified atom stereocenters. The van der Waals surface area contributed by atoms with Crippen molar-refractivity contribution in [2.24, 2.45) is 0 Å². The fraction of sp³-hybridized carbons (Fsp3) is 0.455. The van der Waals surface area contributed by atoms with E-state index in [4.69, 9.17) is 9.47 Å². The Balaban J connectivity index is 1.92. The van der Waals surface area contributed by atoms with Gasteiger partial charge in [0.05, 0.1) is 4.47 Å². The van der Waals surface area contributed by atoms with Crippen molar-refractivity contribution in [3.8, 4) is 11.5 Å². The van der Waals surface area contributed by atoms with E-state index in [2.05, 4.69) is 26.2 Å². The summed E-state index contributed by atoms with van der Waals surface area (Å²) in [6.45, 7) is -0.289. The quantitative estimate of drug-likeness (QED) is 0.675. The number of fused-ring (bicyclic) bond motifs is 1. The number of benzene rings is 1. The summed E-state index contributed by atoms with van der Waals surface area (Å²) in [5.74, 6) is 1.17. The number of halogens is 4. The predicted molar refractivity (Wildman–Crippen MR) is 64.0 cm³/mol. The standard InChI is InChI=1S/C11H11BrF3NO3/c12-8-3-7(5-16-19-6-11(13,14)15)4-9-10(8)18-2-1-17-9/h3-4,16H,1-2,5-6H2. The summed E-state index contributed by atoms with van der Waals surface area (Å²) in [4.78, 5) is 4.32. The highest BCUT2D eigenvalue weighted by molar-refractivity contribution is 9.10. The third-order valence-corrected chi connectivity index (χ3v) is 2.86. The minimum absolute atomic E-state index is 0.130. The van der Waals surface area contributed by atoms with Crippen LogP contribution in [-0.2, 0) is 11.4 Å². The van der Waals surface area contributed by atoms with Crippen molar-refractivity contribution >= 4 is 15.9 Å². The molecule has 0 bridgehead atoms. The van der Waals surface area contributed by atoms with E-state index in [1.165, 1.54) is 0 Å². The first-order valence-corrected chi connectivity index (χ1v) is 6.24. The Hall–Kier alpha value is -0.990. The number of hydrogen-bond acceptors (Lipinski definition) is 4. The highest BCUT2D eigenvalue weighted by atomic mass is 79.9. The molecule has 19 heavy (non-hydrogen) atoms. The van der Waals surface area contributed by atoms with E-state index in [1.807, 2.05) is 0 Å². The summed E-state index contributed by atoms with van der Waals surface area (Å²) in [6, 6.07) is 3.43. The van der Waals surface area contributed by atoms with E-state index < -0.39 is 12.8 Å². The molecule has 1 aliphatic rings. The Morgan fingerprint density at radius 2 is 2.00 bits per heavy atom. The molecule has 1 aromatic rings. The molecule has 0 saturated heterocycles. The van der Waals surface area contributed by atoms with E-state index in [-0.39, 0.29) is 6.54 Å². The second-order valence-electron chi connectivity index (χ2n) is 3.83. The Morgan fingerprint density at radius 1 is 1.26 bits per heavy atom. The first-order chi connectivity index (χ1) is 8.96. The van der Waals surface area contributed by atoms with Crippen LogP contribution in [0.1, 0.15) is 5.56 Å². The first kappa shape index (κ1) is 14.4. The summed E-state index contributed by atoms with van der Waals surface area (Å²) in [6.07, 6.45) is -4.35. The molecule has 106 valence electrons. The van der Waals surface area contributed by atoms with Crippen LogP contribution in [-0.4, -0.2) is 26.0 Å². The van der Waals surface area contributed by atoms with Gasteiger partial charge in [-0.05, 0) is 33.6 Å². The normalized spacial score (nSPS) is 14.5. The van der Waals surface area contributed by atoms with Crippen LogP contribution in [0, 0.1) is 0 Å². The zero-order chi connectivity index (χ0) is 13.9. The van der Waals surface area contributed by atoms with Gasteiger partial charge in [-0.15, -0.1) is 0 Å². The zero-order valence-corrected chi connectivity index (χ0v) is 11.3. The molecule has 2 rings (SSSR count). The fourth-order valence-electron chi connectivity index (χ4n) is 1.53. The van der Waals surface area contributed by atoms with Crippen LogP contribution in [0.3, 0.4) is 0 Å². The van der Waals surface area contributed by atoms with Gasteiger partial charge in [0.15, 0.2) is 18.1 Å². The van der Waals surface area contributed by atoms with Crippen molar-refractivity contribution in [1.29, 1.82) is 0 Å². The molecule has 1 aromatic carbocycles. The summed E-state index contributed by atoms with van der Waals surface area (Å²) in [5.41, 5.74) is 2.98. The average molecular weight is 342 g/mol. The lowest BCUT2D eigenvalue weighted by Gasteiger charge is -2.20. The van der Waals surface area contributed by atoms with Crippen LogP contribution >= 0.6 is 15.9 Å². The van der Waals surface area contributed by atoms with E-state index in [9.17, 15) is 13.2 Å². The molecule has 0 aliphatic carbocycles. The van der Waals surface area contributed by atoms with Gasteiger partial charge < -0.3 is 9.47 Å². The van der Waals surface area contributed by atoms with Gasteiger partial charge in [-0.25, -0.2) is 0 Å². The molecule has 0 fully saturated rings. The number of alkyl halides is 3. The highest BCUT2D eigenvalue weighted by Gasteiger charge is 2.27. The molecule has 0 amide bonds. The molecule has 0 radical (unpaired) electrons. The minimum atomic E-state index is -4.35. The minimum Gasteiger partial charge on any atom is -0.486 e. The molecular formula is C11H11BrF3NO3. The van der Waals surface area contributed by atoms with Crippen LogP contribution < -0.4 is 15.0 Å². The maximum atomic E-state index is 11.9. The smallest absolute Gasteiger partial charge is 0.413 e. The van der Waals surface area contributed by atoms with Gasteiger partial charge in [0.25, 0.3) is 0 Å². The molecule has 8 heteroatoms. The Labute approximate surface area is 115 Å². The Bertz CT molecular complexity index is 454. The van der Waals surface area contributed by atoms with Crippen molar-refractivity contribution in [2.45, 2.75) is 12.7 Å². The summed E-state index contributed by atoms with van der Waals surface area (Å²) < 4.78 is 47.1. The molecular weight excluding hydrogens is 331 g/mol. The molecule has 1 aliphatic heterocycles. The predicted octanol–water partition coefficient (Wildman–Crippen LogP) is 2.80. The van der Waals surface area contributed by atoms with E-state index >= 15 is 0 Å². The van der Waals surface area contributed by atoms with Crippen LogP contribution in [0.4, 0.5) is 13.2 Å². The molecule has 0 saturated carbocycles. The van der Waals surface area contributed by atoms with Gasteiger partial charge in [-0.1, -0.05) is 0 Å². The topological polar surface area (TPSA) is 39.7 Å². The third-order valence-electron chi connectivity index (χ3n) is 2.27. The summed E-state index contributed by atoms with van der Waals surface area (Å²) in [5, 5.41) is 0. The van der Waals surface area contributed by atoms with Gasteiger partial charge >= 0.3 is 6.18 Å². The van der Waals surface area contributed by atoms with Gasteiger partial charge in [0.1, 0.15) is 13.2 Å². The molecule has 0 atom stereocenters. The number of hydroxylamine groups is 1. The van der Waals surface area contributed by atoms with Crippen molar-refractivity contribution in [2.75, 3.05) is 19.8 Å². The maximum Gasteiger partial charge on any atom is 0.413 e. The average Bonchev–Trinajstić information content (AvgIpc) is 2.34. The summed E-state index contributed by atoms with van der Waals surface area (Å²) in [7, 11) is 0. The van der Waals surface area contributed by atoms with Crippen LogP contribution in [0.5, 0.6) is 11.5 Å². The largest absolute Gasteiger partial charge is 0.486 e. The van der Waals surface area contributed by atoms with Crippen molar-refractivity contribution in [1.82, 2.24) is 5.48 Å². The number of ether oxygens (including phenoxy) is 2. The lowest BCUT2D eigenvalue weighted by atomic mass is 10.2. The Morgan fingerprint density at radius 3 is 2.74 bits per heavy atom. The maximum absolute atomic E-state index is 11.9. The molecule has 4 nitrogen and oxygen atoms in total. The molecule has 1 N–H and O–H groups in total.